The molecule has 0 saturated carbocycles. The molecule has 0 bridgehead atoms. The van der Waals surface area contributed by atoms with Crippen molar-refractivity contribution in [3.8, 4) is 11.5 Å². The summed E-state index contributed by atoms with van der Waals surface area (Å²) in [6, 6.07) is 3.60. The van der Waals surface area contributed by atoms with Gasteiger partial charge in [-0.2, -0.15) is 0 Å². The number of aliphatic hydroxyl groups is 2. The summed E-state index contributed by atoms with van der Waals surface area (Å²) in [6.07, 6.45) is 14.8. The number of rotatable bonds is 11. The van der Waals surface area contributed by atoms with E-state index in [0.717, 1.165) is 68.2 Å². The third kappa shape index (κ3) is 8.00. The standard InChI is InChI=1S/C26H38O4/c1-19(9-5-11-22(17-27)18-28)7-4-8-20(2)10-6-12-25-14-13-23-16-24(29)15-21(3)26(23)30-25/h7,10-11,15-16,25,27-29H,4-6,8-9,12-14,17-18H2,1-3H3/b19-7+,20-10+. The second-order valence-corrected chi connectivity index (χ2v) is 8.46. The van der Waals surface area contributed by atoms with Crippen LogP contribution in [0.4, 0.5) is 0 Å². The Kier molecular flexibility index (Phi) is 10.2. The Morgan fingerprint density at radius 1 is 1.00 bits per heavy atom. The lowest BCUT2D eigenvalue weighted by Crippen LogP contribution is -2.23. The molecule has 166 valence electrons. The van der Waals surface area contributed by atoms with Crippen LogP contribution < -0.4 is 4.74 Å². The molecule has 0 saturated heterocycles. The van der Waals surface area contributed by atoms with E-state index in [4.69, 9.17) is 14.9 Å². The number of aromatic hydroxyl groups is 1. The fraction of sp³-hybridized carbons (Fsp3) is 0.538. The number of phenolic OH excluding ortho intramolecular Hbond substituents is 1. The maximum atomic E-state index is 9.74. The van der Waals surface area contributed by atoms with Crippen LogP contribution in [0.2, 0.25) is 0 Å². The van der Waals surface area contributed by atoms with Crippen LogP contribution in [-0.4, -0.2) is 34.6 Å². The van der Waals surface area contributed by atoms with Gasteiger partial charge >= 0.3 is 0 Å². The topological polar surface area (TPSA) is 69.9 Å². The minimum Gasteiger partial charge on any atom is -0.508 e. The van der Waals surface area contributed by atoms with Gasteiger partial charge in [0.15, 0.2) is 0 Å². The molecule has 2 rings (SSSR count). The second kappa shape index (κ2) is 12.6. The molecule has 1 aliphatic heterocycles. The first-order chi connectivity index (χ1) is 14.4. The fourth-order valence-electron chi connectivity index (χ4n) is 3.88. The molecule has 1 atom stereocenters. The maximum Gasteiger partial charge on any atom is 0.126 e. The summed E-state index contributed by atoms with van der Waals surface area (Å²) in [5.74, 6) is 1.29. The van der Waals surface area contributed by atoms with E-state index in [0.29, 0.717) is 11.3 Å². The van der Waals surface area contributed by atoms with E-state index < -0.39 is 0 Å². The van der Waals surface area contributed by atoms with Crippen molar-refractivity contribution < 1.29 is 20.1 Å². The van der Waals surface area contributed by atoms with Crippen LogP contribution >= 0.6 is 0 Å². The zero-order chi connectivity index (χ0) is 21.9. The van der Waals surface area contributed by atoms with Crippen molar-refractivity contribution in [2.24, 2.45) is 0 Å². The zero-order valence-corrected chi connectivity index (χ0v) is 18.8. The summed E-state index contributed by atoms with van der Waals surface area (Å²) < 4.78 is 6.20. The lowest BCUT2D eigenvalue weighted by molar-refractivity contribution is 0.163. The summed E-state index contributed by atoms with van der Waals surface area (Å²) >= 11 is 0. The molecule has 0 fully saturated rings. The SMILES string of the molecule is C/C(=C\CC/C(C)=C/CCC1CCc2cc(O)cc(C)c2O1)CCC=C(CO)CO. The van der Waals surface area contributed by atoms with Crippen molar-refractivity contribution in [1.82, 2.24) is 0 Å². The number of aryl methyl sites for hydroxylation is 2. The molecular formula is C26H38O4. The predicted octanol–water partition coefficient (Wildman–Crippen LogP) is 5.54. The molecule has 1 aromatic carbocycles. The zero-order valence-electron chi connectivity index (χ0n) is 18.8. The minimum atomic E-state index is -0.0646. The monoisotopic (exact) mass is 414 g/mol. The van der Waals surface area contributed by atoms with E-state index in [-0.39, 0.29) is 19.3 Å². The van der Waals surface area contributed by atoms with E-state index in [1.807, 2.05) is 19.1 Å². The molecule has 0 spiro atoms. The van der Waals surface area contributed by atoms with Gasteiger partial charge in [-0.25, -0.2) is 0 Å². The van der Waals surface area contributed by atoms with Gasteiger partial charge < -0.3 is 20.1 Å². The summed E-state index contributed by atoms with van der Waals surface area (Å²) in [7, 11) is 0. The minimum absolute atomic E-state index is 0.0646. The van der Waals surface area contributed by atoms with E-state index >= 15 is 0 Å². The first-order valence-electron chi connectivity index (χ1n) is 11.1. The van der Waals surface area contributed by atoms with E-state index in [1.54, 1.807) is 6.07 Å². The van der Waals surface area contributed by atoms with Crippen molar-refractivity contribution in [3.05, 3.63) is 58.2 Å². The molecule has 4 heteroatoms. The Morgan fingerprint density at radius 3 is 2.30 bits per heavy atom. The molecule has 1 heterocycles. The van der Waals surface area contributed by atoms with Crippen LogP contribution in [0.25, 0.3) is 0 Å². The van der Waals surface area contributed by atoms with Crippen LogP contribution in [0.15, 0.2) is 47.1 Å². The lowest BCUT2D eigenvalue weighted by atomic mass is 9.96. The van der Waals surface area contributed by atoms with E-state index in [1.165, 1.54) is 11.1 Å². The van der Waals surface area contributed by atoms with Crippen LogP contribution in [0.1, 0.15) is 69.9 Å². The fourth-order valence-corrected chi connectivity index (χ4v) is 3.88. The third-order valence-corrected chi connectivity index (χ3v) is 5.75. The summed E-state index contributed by atoms with van der Waals surface area (Å²) in [5, 5.41) is 27.8. The highest BCUT2D eigenvalue weighted by atomic mass is 16.5. The molecule has 0 aromatic heterocycles. The van der Waals surface area contributed by atoms with Gasteiger partial charge in [0.1, 0.15) is 11.5 Å². The second-order valence-electron chi connectivity index (χ2n) is 8.46. The van der Waals surface area contributed by atoms with Crippen molar-refractivity contribution >= 4 is 0 Å². The van der Waals surface area contributed by atoms with Crippen LogP contribution in [0.5, 0.6) is 11.5 Å². The largest absolute Gasteiger partial charge is 0.508 e. The molecule has 1 unspecified atom stereocenters. The third-order valence-electron chi connectivity index (χ3n) is 5.75. The number of hydrogen-bond acceptors (Lipinski definition) is 4. The van der Waals surface area contributed by atoms with Gasteiger partial charge in [-0.1, -0.05) is 29.4 Å². The highest BCUT2D eigenvalue weighted by Gasteiger charge is 2.21. The van der Waals surface area contributed by atoms with Crippen LogP contribution in [0.3, 0.4) is 0 Å². The smallest absolute Gasteiger partial charge is 0.126 e. The quantitative estimate of drug-likeness (QED) is 0.416. The van der Waals surface area contributed by atoms with E-state index in [2.05, 4.69) is 26.0 Å². The number of ether oxygens (including phenoxy) is 1. The van der Waals surface area contributed by atoms with Gasteiger partial charge in [0.05, 0.1) is 19.3 Å². The number of hydrogen-bond donors (Lipinski definition) is 3. The average molecular weight is 415 g/mol. The molecular weight excluding hydrogens is 376 g/mol. The molecule has 0 aliphatic carbocycles. The van der Waals surface area contributed by atoms with Crippen molar-refractivity contribution in [3.63, 3.8) is 0 Å². The highest BCUT2D eigenvalue weighted by Crippen LogP contribution is 2.35. The van der Waals surface area contributed by atoms with Gasteiger partial charge in [-0.15, -0.1) is 0 Å². The Morgan fingerprint density at radius 2 is 1.63 bits per heavy atom. The molecule has 1 aromatic rings. The van der Waals surface area contributed by atoms with Crippen molar-refractivity contribution in [2.45, 2.75) is 78.2 Å². The number of allylic oxidation sites excluding steroid dienone is 5. The maximum absolute atomic E-state index is 9.74. The number of benzene rings is 1. The van der Waals surface area contributed by atoms with Crippen LogP contribution in [0, 0.1) is 6.92 Å². The number of fused-ring (bicyclic) bond motifs is 1. The Hall–Kier alpha value is -2.04. The van der Waals surface area contributed by atoms with Gasteiger partial charge in [-0.05, 0) is 101 Å². The van der Waals surface area contributed by atoms with E-state index in [9.17, 15) is 5.11 Å². The van der Waals surface area contributed by atoms with Gasteiger partial charge in [0.2, 0.25) is 0 Å². The summed E-state index contributed by atoms with van der Waals surface area (Å²) in [6.45, 7) is 6.21. The highest BCUT2D eigenvalue weighted by molar-refractivity contribution is 5.47. The Bertz CT molecular complexity index is 767. The molecule has 3 N–H and O–H groups in total. The molecule has 0 amide bonds. The first-order valence-corrected chi connectivity index (χ1v) is 11.1. The lowest BCUT2D eigenvalue weighted by Gasteiger charge is -2.27. The molecule has 30 heavy (non-hydrogen) atoms. The molecule has 4 nitrogen and oxygen atoms in total. The summed E-state index contributed by atoms with van der Waals surface area (Å²) in [4.78, 5) is 0. The van der Waals surface area contributed by atoms with Crippen LogP contribution in [-0.2, 0) is 6.42 Å². The number of aliphatic hydroxyl groups excluding tert-OH is 2. The van der Waals surface area contributed by atoms with Gasteiger partial charge in [-0.3, -0.25) is 0 Å². The predicted molar refractivity (Wildman–Crippen MR) is 123 cm³/mol. The van der Waals surface area contributed by atoms with Crippen molar-refractivity contribution in [1.29, 1.82) is 0 Å². The Balaban J connectivity index is 1.70. The van der Waals surface area contributed by atoms with Gasteiger partial charge in [0, 0.05) is 0 Å². The first kappa shape index (κ1) is 24.2. The molecule has 0 radical (unpaired) electrons. The number of phenols is 1. The normalized spacial score (nSPS) is 16.8. The van der Waals surface area contributed by atoms with Gasteiger partial charge in [0.25, 0.3) is 0 Å². The Labute approximate surface area is 181 Å². The van der Waals surface area contributed by atoms with Crippen molar-refractivity contribution in [2.75, 3.05) is 13.2 Å². The summed E-state index contributed by atoms with van der Waals surface area (Å²) in [5.41, 5.74) is 5.60. The average Bonchev–Trinajstić information content (AvgIpc) is 2.71. The molecule has 1 aliphatic rings.